The van der Waals surface area contributed by atoms with Crippen molar-refractivity contribution in [1.82, 2.24) is 0 Å². The van der Waals surface area contributed by atoms with Gasteiger partial charge < -0.3 is 15.3 Å². The molecule has 0 saturated heterocycles. The first-order valence-corrected chi connectivity index (χ1v) is 5.06. The second-order valence-electron chi connectivity index (χ2n) is 3.66. The summed E-state index contributed by atoms with van der Waals surface area (Å²) in [5.74, 6) is -3.25. The molecule has 0 bridgehead atoms. The molecule has 0 radical (unpaired) electrons. The molecular weight excluding hydrogens is 184 g/mol. The lowest BCUT2D eigenvalue weighted by atomic mass is 9.73. The van der Waals surface area contributed by atoms with Crippen LogP contribution in [0.3, 0.4) is 0 Å². The van der Waals surface area contributed by atoms with Crippen LogP contribution in [0.15, 0.2) is 0 Å². The van der Waals surface area contributed by atoms with Gasteiger partial charge in [-0.3, -0.25) is 4.79 Å². The Morgan fingerprint density at radius 3 is 1.79 bits per heavy atom. The van der Waals surface area contributed by atoms with Gasteiger partial charge >= 0.3 is 5.97 Å². The molecule has 0 aliphatic heterocycles. The summed E-state index contributed by atoms with van der Waals surface area (Å²) in [5.41, 5.74) is -1.44. The van der Waals surface area contributed by atoms with Gasteiger partial charge in [-0.15, -0.1) is 0 Å². The summed E-state index contributed by atoms with van der Waals surface area (Å²) in [6.07, 6.45) is 1.06. The molecule has 0 amide bonds. The van der Waals surface area contributed by atoms with Crippen molar-refractivity contribution >= 4 is 5.97 Å². The highest BCUT2D eigenvalue weighted by Gasteiger charge is 2.52. The van der Waals surface area contributed by atoms with Crippen molar-refractivity contribution in [3.8, 4) is 0 Å². The Labute approximate surface area is 84.6 Å². The molecule has 14 heavy (non-hydrogen) atoms. The third-order valence-electron chi connectivity index (χ3n) is 2.98. The summed E-state index contributed by atoms with van der Waals surface area (Å²) in [6.45, 7) is 5.11. The normalized spacial score (nSPS) is 12.9. The average Bonchev–Trinajstić information content (AvgIpc) is 2.05. The molecule has 0 aromatic carbocycles. The van der Waals surface area contributed by atoms with Crippen molar-refractivity contribution in [2.45, 2.75) is 52.2 Å². The van der Waals surface area contributed by atoms with E-state index in [0.29, 0.717) is 6.42 Å². The van der Waals surface area contributed by atoms with Crippen LogP contribution in [0.1, 0.15) is 46.5 Å². The van der Waals surface area contributed by atoms with Crippen LogP contribution in [-0.4, -0.2) is 27.1 Å². The summed E-state index contributed by atoms with van der Waals surface area (Å²) >= 11 is 0. The Hall–Kier alpha value is -0.610. The molecule has 4 heteroatoms. The van der Waals surface area contributed by atoms with Crippen molar-refractivity contribution in [3.05, 3.63) is 0 Å². The minimum absolute atomic E-state index is 0.0843. The van der Waals surface area contributed by atoms with E-state index in [4.69, 9.17) is 5.11 Å². The molecule has 0 saturated carbocycles. The zero-order valence-corrected chi connectivity index (χ0v) is 9.08. The third kappa shape index (κ3) is 2.07. The quantitative estimate of drug-likeness (QED) is 0.571. The Morgan fingerprint density at radius 1 is 1.14 bits per heavy atom. The fourth-order valence-corrected chi connectivity index (χ4v) is 1.88. The van der Waals surface area contributed by atoms with Crippen molar-refractivity contribution in [2.75, 3.05) is 0 Å². The van der Waals surface area contributed by atoms with E-state index in [1.807, 2.05) is 0 Å². The van der Waals surface area contributed by atoms with Crippen molar-refractivity contribution in [1.29, 1.82) is 0 Å². The number of hydrogen-bond acceptors (Lipinski definition) is 3. The highest BCUT2D eigenvalue weighted by atomic mass is 16.5. The molecule has 0 rings (SSSR count). The van der Waals surface area contributed by atoms with Gasteiger partial charge in [0.1, 0.15) is 5.41 Å². The largest absolute Gasteiger partial charge is 0.481 e. The molecular formula is C10H20O4. The summed E-state index contributed by atoms with van der Waals surface area (Å²) in [4.78, 5) is 11.1. The first kappa shape index (κ1) is 13.4. The van der Waals surface area contributed by atoms with Gasteiger partial charge in [-0.2, -0.15) is 0 Å². The Kier molecular flexibility index (Phi) is 4.55. The van der Waals surface area contributed by atoms with Gasteiger partial charge in [0.15, 0.2) is 5.79 Å². The molecule has 0 aliphatic rings. The average molecular weight is 204 g/mol. The zero-order chi connectivity index (χ0) is 11.4. The van der Waals surface area contributed by atoms with Crippen LogP contribution < -0.4 is 0 Å². The van der Waals surface area contributed by atoms with Crippen molar-refractivity contribution < 1.29 is 20.1 Å². The lowest BCUT2D eigenvalue weighted by Gasteiger charge is -2.39. The first-order chi connectivity index (χ1) is 6.38. The van der Waals surface area contributed by atoms with Crippen LogP contribution in [0.4, 0.5) is 0 Å². The van der Waals surface area contributed by atoms with Crippen LogP contribution in [0.25, 0.3) is 0 Å². The molecule has 0 atom stereocenters. The van der Waals surface area contributed by atoms with Gasteiger partial charge in [-0.05, 0) is 12.8 Å². The van der Waals surface area contributed by atoms with E-state index >= 15 is 0 Å². The van der Waals surface area contributed by atoms with Gasteiger partial charge in [0, 0.05) is 6.42 Å². The van der Waals surface area contributed by atoms with E-state index in [1.165, 1.54) is 0 Å². The number of rotatable bonds is 6. The number of carboxylic acids is 1. The molecule has 0 unspecified atom stereocenters. The van der Waals surface area contributed by atoms with Crippen molar-refractivity contribution in [2.24, 2.45) is 5.41 Å². The van der Waals surface area contributed by atoms with E-state index in [-0.39, 0.29) is 19.3 Å². The van der Waals surface area contributed by atoms with Crippen LogP contribution >= 0.6 is 0 Å². The molecule has 0 aromatic heterocycles. The maximum absolute atomic E-state index is 11.1. The molecule has 3 N–H and O–H groups in total. The van der Waals surface area contributed by atoms with Gasteiger partial charge in [-0.1, -0.05) is 27.2 Å². The lowest BCUT2D eigenvalue weighted by Crippen LogP contribution is -2.52. The topological polar surface area (TPSA) is 77.8 Å². The standard InChI is InChI=1S/C10H20O4/c1-4-7-10(13,14)9(5-2,6-3)8(11)12/h13-14H,4-7H2,1-3H3,(H,11,12). The van der Waals surface area contributed by atoms with Gasteiger partial charge in [-0.25, -0.2) is 0 Å². The lowest BCUT2D eigenvalue weighted by molar-refractivity contribution is -0.252. The highest BCUT2D eigenvalue weighted by Crippen LogP contribution is 2.39. The maximum atomic E-state index is 11.1. The fraction of sp³-hybridized carbons (Fsp3) is 0.900. The highest BCUT2D eigenvalue weighted by molar-refractivity contribution is 5.75. The Morgan fingerprint density at radius 2 is 1.57 bits per heavy atom. The van der Waals surface area contributed by atoms with Crippen LogP contribution in [-0.2, 0) is 4.79 Å². The predicted molar refractivity (Wildman–Crippen MR) is 52.7 cm³/mol. The molecule has 0 heterocycles. The maximum Gasteiger partial charge on any atom is 0.315 e. The van der Waals surface area contributed by atoms with E-state index in [0.717, 1.165) is 0 Å². The Balaban J connectivity index is 5.06. The first-order valence-electron chi connectivity index (χ1n) is 5.06. The predicted octanol–water partition coefficient (Wildman–Crippen LogP) is 1.36. The fourth-order valence-electron chi connectivity index (χ4n) is 1.88. The zero-order valence-electron chi connectivity index (χ0n) is 9.08. The van der Waals surface area contributed by atoms with E-state index in [1.54, 1.807) is 20.8 Å². The SMILES string of the molecule is CCCC(O)(O)C(CC)(CC)C(=O)O. The van der Waals surface area contributed by atoms with E-state index in [2.05, 4.69) is 0 Å². The van der Waals surface area contributed by atoms with Gasteiger partial charge in [0.25, 0.3) is 0 Å². The molecule has 84 valence electrons. The van der Waals surface area contributed by atoms with Gasteiger partial charge in [0.05, 0.1) is 0 Å². The van der Waals surface area contributed by atoms with E-state index in [9.17, 15) is 15.0 Å². The van der Waals surface area contributed by atoms with Crippen LogP contribution in [0, 0.1) is 5.41 Å². The summed E-state index contributed by atoms with van der Waals surface area (Å²) in [6, 6.07) is 0. The molecule has 4 nitrogen and oxygen atoms in total. The van der Waals surface area contributed by atoms with Crippen LogP contribution in [0.5, 0.6) is 0 Å². The number of aliphatic carboxylic acids is 1. The smallest absolute Gasteiger partial charge is 0.315 e. The molecule has 0 fully saturated rings. The summed E-state index contributed by atoms with van der Waals surface area (Å²) in [5, 5.41) is 28.6. The summed E-state index contributed by atoms with van der Waals surface area (Å²) < 4.78 is 0. The minimum Gasteiger partial charge on any atom is -0.481 e. The number of aliphatic hydroxyl groups is 2. The van der Waals surface area contributed by atoms with E-state index < -0.39 is 17.2 Å². The number of carboxylic acid groups (broad SMARTS) is 1. The molecule has 0 aromatic rings. The minimum atomic E-state index is -2.11. The van der Waals surface area contributed by atoms with Crippen LogP contribution in [0.2, 0.25) is 0 Å². The number of carbonyl (C=O) groups is 1. The monoisotopic (exact) mass is 204 g/mol. The summed E-state index contributed by atoms with van der Waals surface area (Å²) in [7, 11) is 0. The molecule has 0 aliphatic carbocycles. The Bertz CT molecular complexity index is 194. The number of hydrogen-bond donors (Lipinski definition) is 3. The molecule has 0 spiro atoms. The third-order valence-corrected chi connectivity index (χ3v) is 2.98. The second-order valence-corrected chi connectivity index (χ2v) is 3.66. The van der Waals surface area contributed by atoms with Crippen molar-refractivity contribution in [3.63, 3.8) is 0 Å². The second kappa shape index (κ2) is 4.75. The van der Waals surface area contributed by atoms with Gasteiger partial charge in [0.2, 0.25) is 0 Å².